The molecule has 0 bridgehead atoms. The Morgan fingerprint density at radius 1 is 0.909 bits per heavy atom. The molecule has 1 heterocycles. The molecule has 0 unspecified atom stereocenters. The van der Waals surface area contributed by atoms with Crippen molar-refractivity contribution >= 4 is 23.6 Å². The van der Waals surface area contributed by atoms with E-state index in [1.165, 1.54) is 4.90 Å². The van der Waals surface area contributed by atoms with E-state index in [0.717, 1.165) is 11.1 Å². The predicted molar refractivity (Wildman–Crippen MR) is 124 cm³/mol. The molecule has 8 heteroatoms. The summed E-state index contributed by atoms with van der Waals surface area (Å²) in [5, 5.41) is 19.5. The Kier molecular flexibility index (Phi) is 6.12. The van der Waals surface area contributed by atoms with E-state index in [1.54, 1.807) is 28.0 Å². The Bertz CT molecular complexity index is 1050. The highest BCUT2D eigenvalue weighted by atomic mass is 16.4. The lowest BCUT2D eigenvalue weighted by atomic mass is 10.0. The van der Waals surface area contributed by atoms with Crippen LogP contribution in [0.4, 0.5) is 10.5 Å². The van der Waals surface area contributed by atoms with E-state index >= 15 is 0 Å². The van der Waals surface area contributed by atoms with Crippen molar-refractivity contribution in [3.63, 3.8) is 0 Å². The molecular weight excluding hydrogens is 422 g/mol. The van der Waals surface area contributed by atoms with Crippen molar-refractivity contribution in [2.75, 3.05) is 31.1 Å². The smallest absolute Gasteiger partial charge is 0.412 e. The van der Waals surface area contributed by atoms with Crippen LogP contribution in [0.25, 0.3) is 11.1 Å². The molecule has 0 radical (unpaired) electrons. The third kappa shape index (κ3) is 4.71. The molecule has 8 nitrogen and oxygen atoms in total. The van der Waals surface area contributed by atoms with Gasteiger partial charge in [-0.1, -0.05) is 24.3 Å². The first kappa shape index (κ1) is 22.8. The van der Waals surface area contributed by atoms with E-state index in [2.05, 4.69) is 0 Å². The molecule has 0 atom stereocenters. The molecular formula is C25H29N3O5. The zero-order valence-electron chi connectivity index (χ0n) is 18.9. The second kappa shape index (κ2) is 8.86. The maximum Gasteiger partial charge on any atom is 0.412 e. The van der Waals surface area contributed by atoms with Gasteiger partial charge < -0.3 is 20.0 Å². The standard InChI is InChI=1S/C25H29N3O5/c1-17(2)28(24(31)32)21-5-3-4-20(16-21)18-6-8-19(9-7-18)22(29)26-12-14-27(15-13-26)23(30)25(33)10-11-25/h3-9,16-17,33H,10-15H2,1-2H3,(H,31,32). The Morgan fingerprint density at radius 3 is 2.06 bits per heavy atom. The van der Waals surface area contributed by atoms with E-state index in [-0.39, 0.29) is 17.9 Å². The summed E-state index contributed by atoms with van der Waals surface area (Å²) < 4.78 is 0. The average molecular weight is 452 g/mol. The molecule has 4 rings (SSSR count). The van der Waals surface area contributed by atoms with Gasteiger partial charge in [-0.05, 0) is 62.1 Å². The van der Waals surface area contributed by atoms with Gasteiger partial charge in [0, 0.05) is 43.5 Å². The lowest BCUT2D eigenvalue weighted by Crippen LogP contribution is -2.53. The molecule has 0 aromatic heterocycles. The van der Waals surface area contributed by atoms with Crippen LogP contribution < -0.4 is 4.90 Å². The number of hydrogen-bond donors (Lipinski definition) is 2. The predicted octanol–water partition coefficient (Wildman–Crippen LogP) is 3.06. The maximum atomic E-state index is 12.9. The molecule has 2 fully saturated rings. The average Bonchev–Trinajstić information content (AvgIpc) is 3.56. The molecule has 1 saturated carbocycles. The normalized spacial score (nSPS) is 17.1. The molecule has 2 aliphatic rings. The molecule has 3 amide bonds. The van der Waals surface area contributed by atoms with Gasteiger partial charge >= 0.3 is 6.09 Å². The molecule has 2 N–H and O–H groups in total. The molecule has 2 aromatic carbocycles. The molecule has 0 spiro atoms. The second-order valence-electron chi connectivity index (χ2n) is 8.99. The van der Waals surface area contributed by atoms with E-state index in [4.69, 9.17) is 0 Å². The molecule has 33 heavy (non-hydrogen) atoms. The maximum absolute atomic E-state index is 12.9. The van der Waals surface area contributed by atoms with Crippen LogP contribution in [-0.4, -0.2) is 75.7 Å². The highest BCUT2D eigenvalue weighted by Crippen LogP contribution is 2.37. The lowest BCUT2D eigenvalue weighted by Gasteiger charge is -2.35. The van der Waals surface area contributed by atoms with Gasteiger partial charge in [0.1, 0.15) is 5.60 Å². The van der Waals surface area contributed by atoms with Crippen molar-refractivity contribution in [3.8, 4) is 11.1 Å². The molecule has 2 aromatic rings. The van der Waals surface area contributed by atoms with Gasteiger partial charge in [-0.15, -0.1) is 0 Å². The number of piperazine rings is 1. The minimum atomic E-state index is -1.17. The summed E-state index contributed by atoms with van der Waals surface area (Å²) in [5.74, 6) is -0.315. The number of carbonyl (C=O) groups is 3. The summed E-state index contributed by atoms with van der Waals surface area (Å²) >= 11 is 0. The number of hydrogen-bond acceptors (Lipinski definition) is 4. The van der Waals surface area contributed by atoms with Crippen LogP contribution in [0.1, 0.15) is 37.0 Å². The van der Waals surface area contributed by atoms with Gasteiger partial charge in [-0.25, -0.2) is 4.79 Å². The summed E-state index contributed by atoms with van der Waals surface area (Å²) in [7, 11) is 0. The Labute approximate surface area is 193 Å². The highest BCUT2D eigenvalue weighted by Gasteiger charge is 2.50. The van der Waals surface area contributed by atoms with Crippen LogP contribution in [0.5, 0.6) is 0 Å². The van der Waals surface area contributed by atoms with Crippen LogP contribution in [0.15, 0.2) is 48.5 Å². The first-order valence-corrected chi connectivity index (χ1v) is 11.2. The molecule has 1 aliphatic carbocycles. The number of benzene rings is 2. The van der Waals surface area contributed by atoms with Crippen molar-refractivity contribution in [2.24, 2.45) is 0 Å². The zero-order valence-corrected chi connectivity index (χ0v) is 18.9. The SMILES string of the molecule is CC(C)N(C(=O)O)c1cccc(-c2ccc(C(=O)N3CCN(C(=O)C4(O)CC4)CC3)cc2)c1. The summed E-state index contributed by atoms with van der Waals surface area (Å²) in [6, 6.07) is 14.4. The molecule has 1 aliphatic heterocycles. The molecule has 1 saturated heterocycles. The van der Waals surface area contributed by atoms with E-state index in [9.17, 15) is 24.6 Å². The zero-order chi connectivity index (χ0) is 23.8. The first-order chi connectivity index (χ1) is 15.7. The summed E-state index contributed by atoms with van der Waals surface area (Å²) in [6.45, 7) is 5.37. The van der Waals surface area contributed by atoms with Gasteiger partial charge in [0.05, 0.1) is 0 Å². The first-order valence-electron chi connectivity index (χ1n) is 11.2. The number of rotatable bonds is 5. The van der Waals surface area contributed by atoms with E-state index in [0.29, 0.717) is 50.3 Å². The van der Waals surface area contributed by atoms with Crippen LogP contribution >= 0.6 is 0 Å². The minimum Gasteiger partial charge on any atom is -0.465 e. The van der Waals surface area contributed by atoms with E-state index < -0.39 is 11.7 Å². The number of aliphatic hydroxyl groups is 1. The van der Waals surface area contributed by atoms with E-state index in [1.807, 2.05) is 44.2 Å². The van der Waals surface area contributed by atoms with Gasteiger partial charge in [-0.3, -0.25) is 14.5 Å². The summed E-state index contributed by atoms with van der Waals surface area (Å²) in [6.07, 6.45) is 0.0362. The van der Waals surface area contributed by atoms with Crippen LogP contribution in [-0.2, 0) is 4.79 Å². The van der Waals surface area contributed by atoms with Crippen LogP contribution in [0, 0.1) is 0 Å². The summed E-state index contributed by atoms with van der Waals surface area (Å²) in [5.41, 5.74) is 1.73. The van der Waals surface area contributed by atoms with Crippen molar-refractivity contribution in [3.05, 3.63) is 54.1 Å². The Hall–Kier alpha value is -3.39. The Balaban J connectivity index is 1.42. The van der Waals surface area contributed by atoms with Crippen LogP contribution in [0.2, 0.25) is 0 Å². The number of carbonyl (C=O) groups excluding carboxylic acids is 2. The van der Waals surface area contributed by atoms with Crippen molar-refractivity contribution in [1.29, 1.82) is 0 Å². The number of nitrogens with zero attached hydrogens (tertiary/aromatic N) is 3. The van der Waals surface area contributed by atoms with Crippen molar-refractivity contribution < 1.29 is 24.6 Å². The third-order valence-corrected chi connectivity index (χ3v) is 6.29. The van der Waals surface area contributed by atoms with Gasteiger partial charge in [0.2, 0.25) is 0 Å². The number of anilines is 1. The van der Waals surface area contributed by atoms with Crippen LogP contribution in [0.3, 0.4) is 0 Å². The molecule has 174 valence electrons. The monoisotopic (exact) mass is 451 g/mol. The number of amides is 3. The van der Waals surface area contributed by atoms with Crippen molar-refractivity contribution in [2.45, 2.75) is 38.3 Å². The minimum absolute atomic E-state index is 0.0932. The second-order valence-corrected chi connectivity index (χ2v) is 8.99. The fourth-order valence-electron chi connectivity index (χ4n) is 4.19. The van der Waals surface area contributed by atoms with Crippen molar-refractivity contribution in [1.82, 2.24) is 9.80 Å². The fraction of sp³-hybridized carbons (Fsp3) is 0.400. The lowest BCUT2D eigenvalue weighted by molar-refractivity contribution is -0.143. The van der Waals surface area contributed by atoms with Gasteiger partial charge in [0.15, 0.2) is 0 Å². The number of carboxylic acid groups (broad SMARTS) is 1. The quantitative estimate of drug-likeness (QED) is 0.728. The topological polar surface area (TPSA) is 101 Å². The highest BCUT2D eigenvalue weighted by molar-refractivity contribution is 5.95. The third-order valence-electron chi connectivity index (χ3n) is 6.29. The fourth-order valence-corrected chi connectivity index (χ4v) is 4.19. The largest absolute Gasteiger partial charge is 0.465 e. The van der Waals surface area contributed by atoms with Gasteiger partial charge in [-0.2, -0.15) is 0 Å². The summed E-state index contributed by atoms with van der Waals surface area (Å²) in [4.78, 5) is 41.5. The Morgan fingerprint density at radius 2 is 1.52 bits per heavy atom. The van der Waals surface area contributed by atoms with Gasteiger partial charge in [0.25, 0.3) is 11.8 Å².